The largest absolute Gasteiger partial charge is 0.309 e. The number of Topliss-reactive ketones (excluding diaryl/α,β-unsaturated/α-hetero) is 1. The normalized spacial score (nSPS) is 18.7. The van der Waals surface area contributed by atoms with Gasteiger partial charge in [0.2, 0.25) is 0 Å². The molecule has 3 nitrogen and oxygen atoms in total. The van der Waals surface area contributed by atoms with Crippen molar-refractivity contribution in [3.8, 4) is 0 Å². The zero-order valence-corrected chi connectivity index (χ0v) is 14.7. The van der Waals surface area contributed by atoms with Gasteiger partial charge in [-0.15, -0.1) is 11.3 Å². The van der Waals surface area contributed by atoms with Gasteiger partial charge in [0.1, 0.15) is 5.82 Å². The molecule has 1 aromatic heterocycles. The van der Waals surface area contributed by atoms with E-state index in [1.165, 1.54) is 17.4 Å². The number of carbonyl (C=O) groups is 1. The third-order valence-corrected chi connectivity index (χ3v) is 5.53. The number of piperidine rings is 1. The minimum Gasteiger partial charge on any atom is -0.309 e. The molecule has 128 valence electrons. The monoisotopic (exact) mass is 346 g/mol. The molecule has 0 amide bonds. The van der Waals surface area contributed by atoms with Crippen LogP contribution in [0.1, 0.15) is 40.6 Å². The number of halogens is 1. The SMILES string of the molecule is CC(=O)c1cc(CN[C@H]2CCCN(Cc3ccccc3F)C2)cs1. The molecule has 2 aromatic rings. The molecule has 3 rings (SSSR count). The van der Waals surface area contributed by atoms with Crippen molar-refractivity contribution >= 4 is 17.1 Å². The molecule has 0 bridgehead atoms. The van der Waals surface area contributed by atoms with Gasteiger partial charge < -0.3 is 5.32 Å². The number of rotatable bonds is 6. The summed E-state index contributed by atoms with van der Waals surface area (Å²) in [6.07, 6.45) is 2.26. The zero-order valence-electron chi connectivity index (χ0n) is 13.9. The molecule has 0 aliphatic carbocycles. The Balaban J connectivity index is 1.51. The predicted molar refractivity (Wildman–Crippen MR) is 95.9 cm³/mol. The summed E-state index contributed by atoms with van der Waals surface area (Å²) < 4.78 is 13.8. The summed E-state index contributed by atoms with van der Waals surface area (Å²) in [5.74, 6) is 0.00240. The van der Waals surface area contributed by atoms with E-state index in [2.05, 4.69) is 10.2 Å². The summed E-state index contributed by atoms with van der Waals surface area (Å²) in [5, 5.41) is 5.63. The number of carbonyl (C=O) groups excluding carboxylic acids is 1. The molecule has 1 saturated heterocycles. The van der Waals surface area contributed by atoms with Crippen LogP contribution in [0.15, 0.2) is 35.7 Å². The van der Waals surface area contributed by atoms with E-state index in [1.54, 1.807) is 13.0 Å². The molecule has 24 heavy (non-hydrogen) atoms. The van der Waals surface area contributed by atoms with Crippen LogP contribution in [-0.2, 0) is 13.1 Å². The molecular weight excluding hydrogens is 323 g/mol. The van der Waals surface area contributed by atoms with Crippen molar-refractivity contribution in [2.75, 3.05) is 13.1 Å². The fraction of sp³-hybridized carbons (Fsp3) is 0.421. The second kappa shape index (κ2) is 8.01. The van der Waals surface area contributed by atoms with E-state index in [0.717, 1.165) is 48.5 Å². The molecule has 0 saturated carbocycles. The summed E-state index contributed by atoms with van der Waals surface area (Å²) in [6.45, 7) is 4.99. The van der Waals surface area contributed by atoms with Crippen molar-refractivity contribution in [1.82, 2.24) is 10.2 Å². The van der Waals surface area contributed by atoms with E-state index in [0.29, 0.717) is 12.6 Å². The molecule has 2 heterocycles. The maximum Gasteiger partial charge on any atom is 0.169 e. The second-order valence-electron chi connectivity index (χ2n) is 6.42. The third-order valence-electron chi connectivity index (χ3n) is 4.45. The molecule has 0 radical (unpaired) electrons. The Morgan fingerprint density at radius 2 is 2.25 bits per heavy atom. The number of hydrogen-bond donors (Lipinski definition) is 1. The molecular formula is C19H23FN2OS. The maximum atomic E-state index is 13.8. The van der Waals surface area contributed by atoms with Crippen LogP contribution in [0.25, 0.3) is 0 Å². The molecule has 1 atom stereocenters. The number of likely N-dealkylation sites (tertiary alicyclic amines) is 1. The van der Waals surface area contributed by atoms with Crippen molar-refractivity contribution in [2.45, 2.75) is 38.9 Å². The average molecular weight is 346 g/mol. The number of hydrogen-bond acceptors (Lipinski definition) is 4. The first-order chi connectivity index (χ1) is 11.6. The van der Waals surface area contributed by atoms with Crippen LogP contribution in [0.2, 0.25) is 0 Å². The summed E-state index contributed by atoms with van der Waals surface area (Å²) in [5.41, 5.74) is 1.93. The minimum absolute atomic E-state index is 0.123. The first kappa shape index (κ1) is 17.3. The standard InChI is InChI=1S/C19H23FN2OS/c1-14(23)19-9-15(13-24-19)10-21-17-6-4-8-22(12-17)11-16-5-2-3-7-18(16)20/h2-3,5,7,9,13,17,21H,4,6,8,10-12H2,1H3/t17-/m0/s1. The van der Waals surface area contributed by atoms with Crippen LogP contribution in [0.5, 0.6) is 0 Å². The molecule has 0 unspecified atom stereocenters. The Kier molecular flexibility index (Phi) is 5.76. The van der Waals surface area contributed by atoms with Crippen molar-refractivity contribution in [2.24, 2.45) is 0 Å². The lowest BCUT2D eigenvalue weighted by Gasteiger charge is -2.33. The first-order valence-corrected chi connectivity index (χ1v) is 9.27. The van der Waals surface area contributed by atoms with Crippen LogP contribution in [0, 0.1) is 5.82 Å². The van der Waals surface area contributed by atoms with E-state index < -0.39 is 0 Å². The minimum atomic E-state index is -0.123. The lowest BCUT2D eigenvalue weighted by molar-refractivity contribution is 0.102. The number of nitrogens with zero attached hydrogens (tertiary/aromatic N) is 1. The molecule has 1 N–H and O–H groups in total. The highest BCUT2D eigenvalue weighted by Gasteiger charge is 2.20. The van der Waals surface area contributed by atoms with Crippen molar-refractivity contribution in [3.05, 3.63) is 57.5 Å². The van der Waals surface area contributed by atoms with Gasteiger partial charge in [0.15, 0.2) is 5.78 Å². The van der Waals surface area contributed by atoms with Gasteiger partial charge in [-0.05, 0) is 49.4 Å². The lowest BCUT2D eigenvalue weighted by Crippen LogP contribution is -2.45. The van der Waals surface area contributed by atoms with Gasteiger partial charge in [-0.1, -0.05) is 18.2 Å². The summed E-state index contributed by atoms with van der Waals surface area (Å²) in [7, 11) is 0. The highest BCUT2D eigenvalue weighted by molar-refractivity contribution is 7.12. The van der Waals surface area contributed by atoms with Crippen LogP contribution in [0.4, 0.5) is 4.39 Å². The van der Waals surface area contributed by atoms with E-state index in [9.17, 15) is 9.18 Å². The van der Waals surface area contributed by atoms with Crippen LogP contribution < -0.4 is 5.32 Å². The summed E-state index contributed by atoms with van der Waals surface area (Å²) in [6, 6.07) is 9.39. The van der Waals surface area contributed by atoms with Gasteiger partial charge in [0, 0.05) is 31.2 Å². The predicted octanol–water partition coefficient (Wildman–Crippen LogP) is 3.84. The molecule has 5 heteroatoms. The maximum absolute atomic E-state index is 13.8. The van der Waals surface area contributed by atoms with E-state index in [1.807, 2.05) is 23.6 Å². The first-order valence-electron chi connectivity index (χ1n) is 8.39. The Morgan fingerprint density at radius 3 is 3.00 bits per heavy atom. The van der Waals surface area contributed by atoms with Gasteiger partial charge in [0.05, 0.1) is 4.88 Å². The smallest absolute Gasteiger partial charge is 0.169 e. The second-order valence-corrected chi connectivity index (χ2v) is 7.33. The van der Waals surface area contributed by atoms with E-state index >= 15 is 0 Å². The fourth-order valence-corrected chi connectivity index (χ4v) is 3.96. The van der Waals surface area contributed by atoms with Crippen LogP contribution >= 0.6 is 11.3 Å². The number of ketones is 1. The number of nitrogens with one attached hydrogen (secondary N) is 1. The quantitative estimate of drug-likeness (QED) is 0.807. The van der Waals surface area contributed by atoms with Gasteiger partial charge in [-0.2, -0.15) is 0 Å². The van der Waals surface area contributed by atoms with E-state index in [4.69, 9.17) is 0 Å². The fourth-order valence-electron chi connectivity index (χ4n) is 3.15. The lowest BCUT2D eigenvalue weighted by atomic mass is 10.0. The Hall–Kier alpha value is -1.56. The van der Waals surface area contributed by atoms with Gasteiger partial charge >= 0.3 is 0 Å². The van der Waals surface area contributed by atoms with Crippen LogP contribution in [-0.4, -0.2) is 29.8 Å². The molecule has 0 spiro atoms. The number of thiophene rings is 1. The molecule has 1 aliphatic rings. The summed E-state index contributed by atoms with van der Waals surface area (Å²) >= 11 is 1.51. The average Bonchev–Trinajstić information content (AvgIpc) is 3.05. The Bertz CT molecular complexity index is 700. The van der Waals surface area contributed by atoms with Gasteiger partial charge in [-0.25, -0.2) is 4.39 Å². The van der Waals surface area contributed by atoms with Gasteiger partial charge in [-0.3, -0.25) is 9.69 Å². The Labute approximate surface area is 146 Å². The Morgan fingerprint density at radius 1 is 1.42 bits per heavy atom. The number of benzene rings is 1. The van der Waals surface area contributed by atoms with Crippen molar-refractivity contribution in [1.29, 1.82) is 0 Å². The summed E-state index contributed by atoms with van der Waals surface area (Å²) in [4.78, 5) is 14.5. The zero-order chi connectivity index (χ0) is 16.9. The molecule has 1 aromatic carbocycles. The highest BCUT2D eigenvalue weighted by atomic mass is 32.1. The van der Waals surface area contributed by atoms with Crippen LogP contribution in [0.3, 0.4) is 0 Å². The van der Waals surface area contributed by atoms with E-state index in [-0.39, 0.29) is 11.6 Å². The topological polar surface area (TPSA) is 32.3 Å². The van der Waals surface area contributed by atoms with Gasteiger partial charge in [0.25, 0.3) is 0 Å². The van der Waals surface area contributed by atoms with Crippen molar-refractivity contribution in [3.63, 3.8) is 0 Å². The molecule has 1 aliphatic heterocycles. The molecule has 1 fully saturated rings. The highest BCUT2D eigenvalue weighted by Crippen LogP contribution is 2.18. The van der Waals surface area contributed by atoms with Crippen molar-refractivity contribution < 1.29 is 9.18 Å². The third kappa shape index (κ3) is 4.50.